The van der Waals surface area contributed by atoms with Crippen molar-refractivity contribution >= 4 is 28.3 Å². The van der Waals surface area contributed by atoms with Gasteiger partial charge in [-0.2, -0.15) is 0 Å². The summed E-state index contributed by atoms with van der Waals surface area (Å²) in [6.45, 7) is 13.1. The highest BCUT2D eigenvalue weighted by Crippen LogP contribution is 2.41. The van der Waals surface area contributed by atoms with E-state index in [0.29, 0.717) is 0 Å². The van der Waals surface area contributed by atoms with Crippen LogP contribution in [-0.2, 0) is 12.8 Å². The van der Waals surface area contributed by atoms with Crippen LogP contribution in [0.5, 0.6) is 0 Å². The van der Waals surface area contributed by atoms with E-state index in [-0.39, 0.29) is 0 Å². The molecule has 0 saturated carbocycles. The quantitative estimate of drug-likeness (QED) is 0.299. The Bertz CT molecular complexity index is 1230. The molecular weight excluding hydrogens is 444 g/mol. The second-order valence-electron chi connectivity index (χ2n) is 10.3. The Hall–Kier alpha value is -2.57. The maximum absolute atomic E-state index is 6.34. The summed E-state index contributed by atoms with van der Waals surface area (Å²) in [5.74, 6) is 0.775. The van der Waals surface area contributed by atoms with Crippen molar-refractivity contribution in [2.45, 2.75) is 72.6 Å². The normalized spacial score (nSPS) is 14.4. The summed E-state index contributed by atoms with van der Waals surface area (Å²) < 4.78 is 0. The molecule has 0 fully saturated rings. The van der Waals surface area contributed by atoms with E-state index >= 15 is 0 Å². The fraction of sp³-hybridized carbons (Fsp3) is 0.353. The van der Waals surface area contributed by atoms with Crippen molar-refractivity contribution in [3.05, 3.63) is 111 Å². The second-order valence-corrected chi connectivity index (χ2v) is 10.7. The average Bonchev–Trinajstić information content (AvgIpc) is 3.03. The highest BCUT2D eigenvalue weighted by Gasteiger charge is 2.22. The van der Waals surface area contributed by atoms with Crippen LogP contribution >= 0.6 is 11.6 Å². The van der Waals surface area contributed by atoms with Crippen molar-refractivity contribution in [3.8, 4) is 0 Å². The third-order valence-electron chi connectivity index (χ3n) is 7.60. The summed E-state index contributed by atoms with van der Waals surface area (Å²) in [4.78, 5) is 0. The Morgan fingerprint density at radius 1 is 0.943 bits per heavy atom. The van der Waals surface area contributed by atoms with E-state index in [1.54, 1.807) is 0 Å². The maximum Gasteiger partial charge on any atom is 0.0409 e. The summed E-state index contributed by atoms with van der Waals surface area (Å²) >= 11 is 6.34. The summed E-state index contributed by atoms with van der Waals surface area (Å²) in [7, 11) is 0. The molecule has 0 radical (unpaired) electrons. The molecule has 0 spiro atoms. The van der Waals surface area contributed by atoms with Gasteiger partial charge in [0, 0.05) is 5.02 Å². The number of fused-ring (bicyclic) bond motifs is 1. The summed E-state index contributed by atoms with van der Waals surface area (Å²) in [6.07, 6.45) is 8.28. The Labute approximate surface area is 217 Å². The number of benzene rings is 3. The van der Waals surface area contributed by atoms with E-state index in [2.05, 4.69) is 88.9 Å². The number of hydrogen-bond donors (Lipinski definition) is 0. The van der Waals surface area contributed by atoms with Gasteiger partial charge in [-0.1, -0.05) is 105 Å². The molecule has 0 bridgehead atoms. The number of allylic oxidation sites excluding steroid dienone is 2. The van der Waals surface area contributed by atoms with Gasteiger partial charge in [0.25, 0.3) is 0 Å². The van der Waals surface area contributed by atoms with Crippen LogP contribution in [0.1, 0.15) is 91.8 Å². The molecule has 1 aliphatic carbocycles. The number of halogens is 1. The Kier molecular flexibility index (Phi) is 8.34. The average molecular weight is 483 g/mol. The third kappa shape index (κ3) is 5.81. The molecule has 0 N–H and O–H groups in total. The molecule has 0 heterocycles. The molecule has 182 valence electrons. The van der Waals surface area contributed by atoms with Crippen molar-refractivity contribution in [2.75, 3.05) is 0 Å². The first kappa shape index (κ1) is 25.5. The third-order valence-corrected chi connectivity index (χ3v) is 7.83. The second kappa shape index (κ2) is 11.4. The Morgan fingerprint density at radius 3 is 2.34 bits per heavy atom. The zero-order valence-corrected chi connectivity index (χ0v) is 22.6. The molecule has 0 saturated heterocycles. The fourth-order valence-electron chi connectivity index (χ4n) is 5.62. The molecule has 4 rings (SSSR count). The molecule has 0 amide bonds. The molecule has 1 aliphatic rings. The van der Waals surface area contributed by atoms with Crippen LogP contribution in [0.3, 0.4) is 0 Å². The predicted molar refractivity (Wildman–Crippen MR) is 155 cm³/mol. The Balaban J connectivity index is 1.86. The van der Waals surface area contributed by atoms with Gasteiger partial charge in [0.05, 0.1) is 0 Å². The molecule has 3 aromatic carbocycles. The minimum Gasteiger partial charge on any atom is -0.0955 e. The van der Waals surface area contributed by atoms with Crippen molar-refractivity contribution in [1.82, 2.24) is 0 Å². The minimum absolute atomic E-state index is 0.775. The van der Waals surface area contributed by atoms with Gasteiger partial charge in [-0.25, -0.2) is 0 Å². The van der Waals surface area contributed by atoms with E-state index in [9.17, 15) is 0 Å². The van der Waals surface area contributed by atoms with Crippen LogP contribution < -0.4 is 0 Å². The van der Waals surface area contributed by atoms with Gasteiger partial charge in [0.1, 0.15) is 0 Å². The lowest BCUT2D eigenvalue weighted by Crippen LogP contribution is -2.03. The zero-order chi connectivity index (χ0) is 24.9. The molecule has 0 aromatic heterocycles. The van der Waals surface area contributed by atoms with Crippen molar-refractivity contribution in [1.29, 1.82) is 0 Å². The van der Waals surface area contributed by atoms with Gasteiger partial charge in [0.2, 0.25) is 0 Å². The molecule has 1 heteroatoms. The first-order valence-electron chi connectivity index (χ1n) is 13.3. The molecule has 35 heavy (non-hydrogen) atoms. The number of hydrogen-bond acceptors (Lipinski definition) is 0. The van der Waals surface area contributed by atoms with E-state index in [0.717, 1.165) is 35.8 Å². The molecule has 0 nitrogen and oxygen atoms in total. The largest absolute Gasteiger partial charge is 0.0955 e. The monoisotopic (exact) mass is 482 g/mol. The highest BCUT2D eigenvalue weighted by atomic mass is 35.5. The standard InChI is InChI=1S/C34H39Cl/c1-6-9-25(7-2)21-26-12-14-27(15-13-26)34-32-18-16-28(23(3)4)22-29(32)10-8-11-33(34)31-19-17-30(35)20-24(31)5/h12-20,22,25H,3,6-11,21H2,1-2,4-5H3. The van der Waals surface area contributed by atoms with Crippen LogP contribution in [0.15, 0.2) is 67.2 Å². The summed E-state index contributed by atoms with van der Waals surface area (Å²) in [5, 5.41) is 0.801. The van der Waals surface area contributed by atoms with Gasteiger partial charge >= 0.3 is 0 Å². The summed E-state index contributed by atoms with van der Waals surface area (Å²) in [5.41, 5.74) is 13.3. The molecule has 1 atom stereocenters. The number of aryl methyl sites for hydroxylation is 2. The smallest absolute Gasteiger partial charge is 0.0409 e. The molecular formula is C34H39Cl. The molecule has 0 aliphatic heterocycles. The van der Waals surface area contributed by atoms with Gasteiger partial charge in [-0.05, 0) is 108 Å². The van der Waals surface area contributed by atoms with Crippen molar-refractivity contribution < 1.29 is 0 Å². The van der Waals surface area contributed by atoms with E-state index in [1.807, 2.05) is 6.07 Å². The highest BCUT2D eigenvalue weighted by molar-refractivity contribution is 6.30. The van der Waals surface area contributed by atoms with Crippen LogP contribution in [0.4, 0.5) is 0 Å². The topological polar surface area (TPSA) is 0 Å². The van der Waals surface area contributed by atoms with Gasteiger partial charge in [-0.15, -0.1) is 0 Å². The van der Waals surface area contributed by atoms with Crippen LogP contribution in [-0.4, -0.2) is 0 Å². The predicted octanol–water partition coefficient (Wildman–Crippen LogP) is 10.3. The molecule has 3 aromatic rings. The van der Waals surface area contributed by atoms with Crippen LogP contribution in [0.2, 0.25) is 5.02 Å². The minimum atomic E-state index is 0.775. The maximum atomic E-state index is 6.34. The summed E-state index contributed by atoms with van der Waals surface area (Å²) in [6, 6.07) is 22.7. The zero-order valence-electron chi connectivity index (χ0n) is 21.9. The first-order valence-corrected chi connectivity index (χ1v) is 13.7. The van der Waals surface area contributed by atoms with E-state index in [4.69, 9.17) is 11.6 Å². The van der Waals surface area contributed by atoms with Gasteiger partial charge in [-0.3, -0.25) is 0 Å². The number of rotatable bonds is 8. The van der Waals surface area contributed by atoms with Crippen molar-refractivity contribution in [3.63, 3.8) is 0 Å². The van der Waals surface area contributed by atoms with Gasteiger partial charge in [0.15, 0.2) is 0 Å². The van der Waals surface area contributed by atoms with Gasteiger partial charge < -0.3 is 0 Å². The van der Waals surface area contributed by atoms with Crippen LogP contribution in [0.25, 0.3) is 16.7 Å². The van der Waals surface area contributed by atoms with Crippen molar-refractivity contribution in [2.24, 2.45) is 5.92 Å². The van der Waals surface area contributed by atoms with E-state index in [1.165, 1.54) is 75.8 Å². The lowest BCUT2D eigenvalue weighted by atomic mass is 9.85. The van der Waals surface area contributed by atoms with E-state index < -0.39 is 0 Å². The SMILES string of the molecule is C=C(C)c1ccc2c(c1)CCCC(c1ccc(Cl)cc1C)=C2c1ccc(CC(CC)CCC)cc1. The molecule has 1 unspecified atom stereocenters. The first-order chi connectivity index (χ1) is 16.9. The lowest BCUT2D eigenvalue weighted by molar-refractivity contribution is 0.462. The lowest BCUT2D eigenvalue weighted by Gasteiger charge is -2.19. The fourth-order valence-corrected chi connectivity index (χ4v) is 5.84. The Morgan fingerprint density at radius 2 is 1.69 bits per heavy atom. The van der Waals surface area contributed by atoms with Crippen LogP contribution in [0, 0.1) is 12.8 Å².